The summed E-state index contributed by atoms with van der Waals surface area (Å²) in [4.78, 5) is 50.9. The topological polar surface area (TPSA) is 116 Å². The summed E-state index contributed by atoms with van der Waals surface area (Å²) in [5.74, 6) is -0.977. The lowest BCUT2D eigenvalue weighted by Gasteiger charge is -2.61. The summed E-state index contributed by atoms with van der Waals surface area (Å²) >= 11 is 0. The molecule has 0 spiro atoms. The second-order valence-corrected chi connectivity index (χ2v) is 12.2. The van der Waals surface area contributed by atoms with E-state index in [2.05, 4.69) is 13.8 Å². The van der Waals surface area contributed by atoms with E-state index in [9.17, 15) is 24.3 Å². The number of aliphatic hydroxyl groups is 1. The lowest BCUT2D eigenvalue weighted by Crippen LogP contribution is -2.63. The maximum atomic E-state index is 13.8. The molecule has 5 rings (SSSR count). The van der Waals surface area contributed by atoms with Gasteiger partial charge in [-0.2, -0.15) is 0 Å². The monoisotopic (exact) mass is 514 g/mol. The number of ketones is 2. The largest absolute Gasteiger partial charge is 0.509 e. The second-order valence-electron chi connectivity index (χ2n) is 12.2. The first-order valence-electron chi connectivity index (χ1n) is 13.7. The Balaban J connectivity index is 1.49. The minimum atomic E-state index is -1.56. The van der Waals surface area contributed by atoms with Crippen molar-refractivity contribution >= 4 is 23.7 Å². The first kappa shape index (κ1) is 26.1. The van der Waals surface area contributed by atoms with E-state index in [4.69, 9.17) is 14.2 Å². The minimum Gasteiger partial charge on any atom is -0.457 e. The number of hydrogen-bond donors (Lipinski definition) is 1. The Morgan fingerprint density at radius 3 is 2.54 bits per heavy atom. The number of ether oxygens (including phenoxy) is 3. The van der Waals surface area contributed by atoms with Gasteiger partial charge in [0.25, 0.3) is 0 Å². The fraction of sp³-hybridized carbons (Fsp3) is 0.724. The molecule has 5 aliphatic carbocycles. The van der Waals surface area contributed by atoms with Gasteiger partial charge < -0.3 is 19.3 Å². The molecule has 0 aromatic heterocycles. The number of Topliss-reactive ketones (excluding diaryl/α,β-unsaturated/α-hetero) is 1. The van der Waals surface area contributed by atoms with Crippen LogP contribution in [0.1, 0.15) is 66.2 Å². The van der Waals surface area contributed by atoms with Crippen molar-refractivity contribution < 1.29 is 38.5 Å². The number of rotatable bonds is 6. The van der Waals surface area contributed by atoms with E-state index in [1.54, 1.807) is 19.1 Å². The molecule has 8 heteroatoms. The van der Waals surface area contributed by atoms with Gasteiger partial charge in [0.1, 0.15) is 0 Å². The summed E-state index contributed by atoms with van der Waals surface area (Å²) in [7, 11) is 0. The maximum absolute atomic E-state index is 13.8. The molecule has 37 heavy (non-hydrogen) atoms. The number of carbonyl (C=O) groups is 4. The summed E-state index contributed by atoms with van der Waals surface area (Å²) in [5.41, 5.74) is -1.83. The van der Waals surface area contributed by atoms with Gasteiger partial charge in [0.2, 0.25) is 5.78 Å². The number of hydrogen-bond acceptors (Lipinski definition) is 8. The highest BCUT2D eigenvalue weighted by molar-refractivity contribution is 6.01. The molecule has 0 amide bonds. The van der Waals surface area contributed by atoms with Gasteiger partial charge in [-0.05, 0) is 75.4 Å². The zero-order valence-corrected chi connectivity index (χ0v) is 22.2. The van der Waals surface area contributed by atoms with Crippen LogP contribution in [0.5, 0.6) is 0 Å². The van der Waals surface area contributed by atoms with Crippen LogP contribution in [0.15, 0.2) is 23.8 Å². The lowest BCUT2D eigenvalue weighted by atomic mass is 9.44. The number of esters is 1. The lowest BCUT2D eigenvalue weighted by molar-refractivity contribution is -0.187. The predicted octanol–water partition coefficient (Wildman–Crippen LogP) is 3.95. The van der Waals surface area contributed by atoms with E-state index >= 15 is 0 Å². The van der Waals surface area contributed by atoms with Crippen molar-refractivity contribution in [3.8, 4) is 0 Å². The average Bonchev–Trinajstić information content (AvgIpc) is 3.63. The summed E-state index contributed by atoms with van der Waals surface area (Å²) in [6.07, 6.45) is 7.03. The van der Waals surface area contributed by atoms with Crippen molar-refractivity contribution in [1.82, 2.24) is 0 Å². The quantitative estimate of drug-likeness (QED) is 0.530. The number of aliphatic hydroxyl groups excluding tert-OH is 1. The van der Waals surface area contributed by atoms with Crippen LogP contribution < -0.4 is 0 Å². The van der Waals surface area contributed by atoms with Crippen molar-refractivity contribution in [2.24, 2.45) is 40.4 Å². The predicted molar refractivity (Wildman–Crippen MR) is 132 cm³/mol. The van der Waals surface area contributed by atoms with Crippen molar-refractivity contribution in [2.75, 3.05) is 13.2 Å². The van der Waals surface area contributed by atoms with Gasteiger partial charge in [0.05, 0.1) is 18.6 Å². The van der Waals surface area contributed by atoms with Gasteiger partial charge in [-0.3, -0.25) is 14.4 Å². The fourth-order valence-electron chi connectivity index (χ4n) is 8.40. The van der Waals surface area contributed by atoms with Crippen LogP contribution >= 0.6 is 0 Å². The Hall–Kier alpha value is -2.48. The third kappa shape index (κ3) is 3.98. The molecule has 202 valence electrons. The Morgan fingerprint density at radius 1 is 1.14 bits per heavy atom. The van der Waals surface area contributed by atoms with Gasteiger partial charge in [0.15, 0.2) is 18.0 Å². The van der Waals surface area contributed by atoms with E-state index in [0.717, 1.165) is 24.8 Å². The third-order valence-electron chi connectivity index (χ3n) is 10.2. The molecule has 1 unspecified atom stereocenters. The van der Waals surface area contributed by atoms with Crippen molar-refractivity contribution in [2.45, 2.75) is 77.9 Å². The second kappa shape index (κ2) is 9.07. The molecule has 8 nitrogen and oxygen atoms in total. The van der Waals surface area contributed by atoms with Gasteiger partial charge in [-0.1, -0.05) is 32.4 Å². The molecule has 0 aliphatic heterocycles. The summed E-state index contributed by atoms with van der Waals surface area (Å²) in [6, 6.07) is 0. The first-order valence-corrected chi connectivity index (χ1v) is 13.7. The molecule has 4 saturated carbocycles. The molecule has 0 aromatic rings. The molecule has 0 radical (unpaired) electrons. The zero-order chi connectivity index (χ0) is 26.8. The molecule has 0 aromatic carbocycles. The molecule has 0 saturated heterocycles. The van der Waals surface area contributed by atoms with E-state index in [-0.39, 0.29) is 54.8 Å². The third-order valence-corrected chi connectivity index (χ3v) is 10.2. The van der Waals surface area contributed by atoms with Gasteiger partial charge in [0, 0.05) is 16.7 Å². The van der Waals surface area contributed by atoms with Crippen molar-refractivity contribution in [1.29, 1.82) is 0 Å². The van der Waals surface area contributed by atoms with Crippen LogP contribution in [0.3, 0.4) is 0 Å². The van der Waals surface area contributed by atoms with Crippen LogP contribution in [-0.4, -0.2) is 53.7 Å². The molecular formula is C29H38O8. The highest BCUT2D eigenvalue weighted by Crippen LogP contribution is 2.68. The molecule has 0 heterocycles. The maximum Gasteiger partial charge on any atom is 0.509 e. The Bertz CT molecular complexity index is 1070. The highest BCUT2D eigenvalue weighted by atomic mass is 16.7. The van der Waals surface area contributed by atoms with Crippen LogP contribution in [0, 0.1) is 40.4 Å². The number of fused-ring (bicyclic) bond motifs is 5. The van der Waals surface area contributed by atoms with Crippen LogP contribution in [-0.2, 0) is 28.6 Å². The summed E-state index contributed by atoms with van der Waals surface area (Å²) in [5, 5.41) is 11.7. The normalized spacial score (nSPS) is 42.1. The zero-order valence-electron chi connectivity index (χ0n) is 22.2. The van der Waals surface area contributed by atoms with Crippen molar-refractivity contribution in [3.05, 3.63) is 23.8 Å². The SMILES string of the molecule is CCOC(=O)O[C@]1(C(=O)COC(=O)C2CC2)CC[C@H]2[C@@H]3C[C@H](C)C4=CC(=O)C=C[C@]4(C)[C@H]3C(O)C[C@@]21C. The van der Waals surface area contributed by atoms with Crippen LogP contribution in [0.25, 0.3) is 0 Å². The molecule has 0 bridgehead atoms. The molecule has 8 atom stereocenters. The van der Waals surface area contributed by atoms with Crippen LogP contribution in [0.4, 0.5) is 4.79 Å². The van der Waals surface area contributed by atoms with E-state index < -0.39 is 47.0 Å². The van der Waals surface area contributed by atoms with Crippen molar-refractivity contribution in [3.63, 3.8) is 0 Å². The fourth-order valence-corrected chi connectivity index (χ4v) is 8.40. The van der Waals surface area contributed by atoms with Gasteiger partial charge >= 0.3 is 12.1 Å². The summed E-state index contributed by atoms with van der Waals surface area (Å²) in [6.45, 7) is 7.45. The standard InChI is InChI=1S/C29H38O8/c1-5-35-26(34)37-29(23(32)15-36-25(33)17-6-7-17)11-9-20-19-12-16(2)21-13-18(30)8-10-27(21,3)24(19)22(31)14-28(20,29)4/h8,10,13,16-17,19-20,22,24,31H,5-7,9,11-12,14-15H2,1-4H3/t16-,19-,20-,22?,24+,27-,28-,29-/m0/s1. The van der Waals surface area contributed by atoms with Gasteiger partial charge in [-0.15, -0.1) is 0 Å². The van der Waals surface area contributed by atoms with E-state index in [1.807, 2.05) is 13.0 Å². The summed E-state index contributed by atoms with van der Waals surface area (Å²) < 4.78 is 16.3. The molecule has 4 fully saturated rings. The Kier molecular flexibility index (Phi) is 6.41. The Morgan fingerprint density at radius 2 is 1.86 bits per heavy atom. The van der Waals surface area contributed by atoms with E-state index in [1.165, 1.54) is 0 Å². The molecular weight excluding hydrogens is 476 g/mol. The Labute approximate surface area is 217 Å². The van der Waals surface area contributed by atoms with Gasteiger partial charge in [-0.25, -0.2) is 4.79 Å². The first-order chi connectivity index (χ1) is 17.5. The smallest absolute Gasteiger partial charge is 0.457 e. The van der Waals surface area contributed by atoms with Crippen LogP contribution in [0.2, 0.25) is 0 Å². The number of carbonyl (C=O) groups excluding carboxylic acids is 4. The molecule has 1 N–H and O–H groups in total. The average molecular weight is 515 g/mol. The molecule has 5 aliphatic rings. The van der Waals surface area contributed by atoms with E-state index in [0.29, 0.717) is 6.42 Å². The minimum absolute atomic E-state index is 0.00902. The highest BCUT2D eigenvalue weighted by Gasteiger charge is 2.71. The number of allylic oxidation sites excluding steroid dienone is 4.